The largest absolute Gasteiger partial charge is 0.394 e. The molecule has 1 atom stereocenters. The van der Waals surface area contributed by atoms with Crippen LogP contribution in [0.3, 0.4) is 0 Å². The molecule has 4 heteroatoms. The third-order valence-electron chi connectivity index (χ3n) is 3.87. The van der Waals surface area contributed by atoms with Crippen LogP contribution in [0.4, 0.5) is 0 Å². The molecule has 1 N–H and O–H groups in total. The number of carbonyl (C=O) groups is 1. The van der Waals surface area contributed by atoms with Gasteiger partial charge in [0.2, 0.25) is 5.91 Å². The summed E-state index contributed by atoms with van der Waals surface area (Å²) in [5.74, 6) is 0.0999. The zero-order valence-corrected chi connectivity index (χ0v) is 12.0. The Kier molecular flexibility index (Phi) is 5.56. The number of amides is 1. The first-order valence-electron chi connectivity index (χ1n) is 7.28. The molecule has 0 aliphatic carbocycles. The third kappa shape index (κ3) is 3.81. The zero-order chi connectivity index (χ0) is 14.4. The Balaban J connectivity index is 1.85. The van der Waals surface area contributed by atoms with Crippen LogP contribution < -0.4 is 0 Å². The van der Waals surface area contributed by atoms with Crippen LogP contribution in [-0.4, -0.2) is 48.3 Å². The SMILES string of the molecule is CC(C(=O)N1CCC(OCCO)CC1)c1ccccc1. The summed E-state index contributed by atoms with van der Waals surface area (Å²) in [5, 5.41) is 8.75. The van der Waals surface area contributed by atoms with E-state index in [1.807, 2.05) is 42.2 Å². The lowest BCUT2D eigenvalue weighted by atomic mass is 9.98. The number of nitrogens with zero attached hydrogens (tertiary/aromatic N) is 1. The van der Waals surface area contributed by atoms with Crippen LogP contribution in [0.15, 0.2) is 30.3 Å². The molecule has 1 unspecified atom stereocenters. The number of hydrogen-bond donors (Lipinski definition) is 1. The molecule has 0 saturated carbocycles. The fraction of sp³-hybridized carbons (Fsp3) is 0.562. The van der Waals surface area contributed by atoms with Crippen LogP contribution in [0.25, 0.3) is 0 Å². The minimum atomic E-state index is -0.0916. The van der Waals surface area contributed by atoms with Crippen molar-refractivity contribution in [3.63, 3.8) is 0 Å². The van der Waals surface area contributed by atoms with Crippen LogP contribution in [0.1, 0.15) is 31.2 Å². The molecule has 0 bridgehead atoms. The lowest BCUT2D eigenvalue weighted by molar-refractivity contribution is -0.135. The molecule has 1 fully saturated rings. The highest BCUT2D eigenvalue weighted by Crippen LogP contribution is 2.21. The van der Waals surface area contributed by atoms with Crippen molar-refractivity contribution >= 4 is 5.91 Å². The van der Waals surface area contributed by atoms with Gasteiger partial charge in [0.1, 0.15) is 0 Å². The van der Waals surface area contributed by atoms with Crippen LogP contribution >= 0.6 is 0 Å². The third-order valence-corrected chi connectivity index (χ3v) is 3.87. The van der Waals surface area contributed by atoms with Crippen molar-refractivity contribution in [1.29, 1.82) is 0 Å². The number of rotatable bonds is 5. The van der Waals surface area contributed by atoms with Crippen LogP contribution in [-0.2, 0) is 9.53 Å². The van der Waals surface area contributed by atoms with Crippen molar-refractivity contribution in [2.45, 2.75) is 31.8 Å². The van der Waals surface area contributed by atoms with Gasteiger partial charge in [0.25, 0.3) is 0 Å². The highest BCUT2D eigenvalue weighted by molar-refractivity contribution is 5.83. The second-order valence-corrected chi connectivity index (χ2v) is 5.25. The summed E-state index contributed by atoms with van der Waals surface area (Å²) in [6.07, 6.45) is 1.89. The topological polar surface area (TPSA) is 49.8 Å². The van der Waals surface area contributed by atoms with E-state index >= 15 is 0 Å². The van der Waals surface area contributed by atoms with Gasteiger partial charge in [-0.2, -0.15) is 0 Å². The molecule has 1 aromatic rings. The van der Waals surface area contributed by atoms with E-state index in [0.717, 1.165) is 31.5 Å². The van der Waals surface area contributed by atoms with Crippen molar-refractivity contribution in [3.8, 4) is 0 Å². The van der Waals surface area contributed by atoms with Gasteiger partial charge in [0.05, 0.1) is 25.2 Å². The minimum absolute atomic E-state index is 0.0597. The molecule has 1 aliphatic rings. The minimum Gasteiger partial charge on any atom is -0.394 e. The molecule has 0 radical (unpaired) electrons. The number of aliphatic hydroxyl groups excluding tert-OH is 1. The quantitative estimate of drug-likeness (QED) is 0.892. The summed E-state index contributed by atoms with van der Waals surface area (Å²) in [6, 6.07) is 9.90. The molecule has 1 saturated heterocycles. The van der Waals surface area contributed by atoms with E-state index in [0.29, 0.717) is 6.61 Å². The first-order valence-corrected chi connectivity index (χ1v) is 7.28. The molecule has 110 valence electrons. The fourth-order valence-corrected chi connectivity index (χ4v) is 2.62. The van der Waals surface area contributed by atoms with Gasteiger partial charge in [-0.25, -0.2) is 0 Å². The lowest BCUT2D eigenvalue weighted by Gasteiger charge is -2.33. The Morgan fingerprint density at radius 3 is 2.60 bits per heavy atom. The van der Waals surface area contributed by atoms with E-state index in [4.69, 9.17) is 9.84 Å². The van der Waals surface area contributed by atoms with Gasteiger partial charge < -0.3 is 14.7 Å². The second-order valence-electron chi connectivity index (χ2n) is 5.25. The van der Waals surface area contributed by atoms with E-state index in [2.05, 4.69) is 0 Å². The molecule has 1 heterocycles. The van der Waals surface area contributed by atoms with Gasteiger partial charge in [0, 0.05) is 13.1 Å². The monoisotopic (exact) mass is 277 g/mol. The summed E-state index contributed by atoms with van der Waals surface area (Å²) in [7, 11) is 0. The number of hydrogen-bond acceptors (Lipinski definition) is 3. The Bertz CT molecular complexity index is 413. The maximum absolute atomic E-state index is 12.5. The summed E-state index contributed by atoms with van der Waals surface area (Å²) in [4.78, 5) is 14.4. The highest BCUT2D eigenvalue weighted by Gasteiger charge is 2.26. The predicted octanol–water partition coefficient (Wildman–Crippen LogP) is 1.79. The number of ether oxygens (including phenoxy) is 1. The van der Waals surface area contributed by atoms with Crippen LogP contribution in [0.5, 0.6) is 0 Å². The maximum Gasteiger partial charge on any atom is 0.229 e. The van der Waals surface area contributed by atoms with E-state index in [1.165, 1.54) is 0 Å². The van der Waals surface area contributed by atoms with Crippen LogP contribution in [0, 0.1) is 0 Å². The van der Waals surface area contributed by atoms with Gasteiger partial charge in [-0.05, 0) is 25.3 Å². The van der Waals surface area contributed by atoms with E-state index in [-0.39, 0.29) is 24.5 Å². The number of carbonyl (C=O) groups excluding carboxylic acids is 1. The first-order chi connectivity index (χ1) is 9.72. The van der Waals surface area contributed by atoms with E-state index in [9.17, 15) is 4.79 Å². The molecule has 1 aromatic carbocycles. The Morgan fingerprint density at radius 1 is 1.35 bits per heavy atom. The number of benzene rings is 1. The molecular weight excluding hydrogens is 254 g/mol. The molecule has 0 aromatic heterocycles. The van der Waals surface area contributed by atoms with E-state index < -0.39 is 0 Å². The van der Waals surface area contributed by atoms with Crippen molar-refractivity contribution in [1.82, 2.24) is 4.90 Å². The van der Waals surface area contributed by atoms with E-state index in [1.54, 1.807) is 0 Å². The summed E-state index contributed by atoms with van der Waals surface area (Å²) >= 11 is 0. The second kappa shape index (κ2) is 7.41. The van der Waals surface area contributed by atoms with Gasteiger partial charge in [-0.1, -0.05) is 30.3 Å². The lowest BCUT2D eigenvalue weighted by Crippen LogP contribution is -2.42. The zero-order valence-electron chi connectivity index (χ0n) is 12.0. The number of piperidine rings is 1. The molecule has 20 heavy (non-hydrogen) atoms. The normalized spacial score (nSPS) is 18.0. The standard InChI is InChI=1S/C16H23NO3/c1-13(14-5-3-2-4-6-14)16(19)17-9-7-15(8-10-17)20-12-11-18/h2-6,13,15,18H,7-12H2,1H3. The van der Waals surface area contributed by atoms with Gasteiger partial charge in [-0.15, -0.1) is 0 Å². The number of likely N-dealkylation sites (tertiary alicyclic amines) is 1. The maximum atomic E-state index is 12.5. The van der Waals surface area contributed by atoms with Gasteiger partial charge in [-0.3, -0.25) is 4.79 Å². The highest BCUT2D eigenvalue weighted by atomic mass is 16.5. The van der Waals surface area contributed by atoms with Crippen molar-refractivity contribution in [3.05, 3.63) is 35.9 Å². The summed E-state index contributed by atoms with van der Waals surface area (Å²) in [5.41, 5.74) is 1.07. The Morgan fingerprint density at radius 2 is 2.00 bits per heavy atom. The molecular formula is C16H23NO3. The molecule has 2 rings (SSSR count). The fourth-order valence-electron chi connectivity index (χ4n) is 2.62. The van der Waals surface area contributed by atoms with Gasteiger partial charge in [0.15, 0.2) is 0 Å². The van der Waals surface area contributed by atoms with Gasteiger partial charge >= 0.3 is 0 Å². The smallest absolute Gasteiger partial charge is 0.229 e. The summed E-state index contributed by atoms with van der Waals surface area (Å²) in [6.45, 7) is 3.90. The average Bonchev–Trinajstić information content (AvgIpc) is 2.53. The molecule has 4 nitrogen and oxygen atoms in total. The molecule has 0 spiro atoms. The van der Waals surface area contributed by atoms with Crippen molar-refractivity contribution in [2.75, 3.05) is 26.3 Å². The van der Waals surface area contributed by atoms with Crippen LogP contribution in [0.2, 0.25) is 0 Å². The molecule has 1 amide bonds. The molecule has 1 aliphatic heterocycles. The Labute approximate surface area is 120 Å². The average molecular weight is 277 g/mol. The number of aliphatic hydroxyl groups is 1. The van der Waals surface area contributed by atoms with Crippen molar-refractivity contribution < 1.29 is 14.6 Å². The first kappa shape index (κ1) is 15.0. The van der Waals surface area contributed by atoms with Crippen molar-refractivity contribution in [2.24, 2.45) is 0 Å². The predicted molar refractivity (Wildman–Crippen MR) is 77.5 cm³/mol. The summed E-state index contributed by atoms with van der Waals surface area (Å²) < 4.78 is 5.52. The Hall–Kier alpha value is -1.39.